The number of nitro benzene ring substituents is 1. The first-order valence-electron chi connectivity index (χ1n) is 9.79. The number of amides is 1. The van der Waals surface area contributed by atoms with E-state index in [1.54, 1.807) is 6.07 Å². The quantitative estimate of drug-likeness (QED) is 0.294. The van der Waals surface area contributed by atoms with Gasteiger partial charge in [-0.2, -0.15) is 0 Å². The topological polar surface area (TPSA) is 99.0 Å². The number of hydrogen-bond acceptors (Lipinski definition) is 6. The summed E-state index contributed by atoms with van der Waals surface area (Å²) in [5, 5.41) is 11.0. The monoisotopic (exact) mass is 412 g/mol. The third-order valence-electron chi connectivity index (χ3n) is 5.40. The molecule has 0 spiro atoms. The molecule has 0 aliphatic carbocycles. The van der Waals surface area contributed by atoms with Gasteiger partial charge in [-0.05, 0) is 30.0 Å². The van der Waals surface area contributed by atoms with Gasteiger partial charge in [-0.1, -0.05) is 32.0 Å². The van der Waals surface area contributed by atoms with Crippen LogP contribution in [0.1, 0.15) is 38.2 Å². The van der Waals surface area contributed by atoms with Gasteiger partial charge in [-0.3, -0.25) is 19.7 Å². The molecule has 1 fully saturated rings. The van der Waals surface area contributed by atoms with Crippen molar-refractivity contribution in [3.63, 3.8) is 0 Å². The standard InChI is InChI=1S/C22H24N2O6/c1-4-14(2)17-7-5-6-8-19(17)30-22(26)15-11-21(25)23(13-15)18-10-9-16(24(27)28)12-20(18)29-3/h5-10,12,14-15H,4,11,13H2,1-3H3/t14-,15+/m0/s1. The predicted molar refractivity (Wildman–Crippen MR) is 111 cm³/mol. The summed E-state index contributed by atoms with van der Waals surface area (Å²) < 4.78 is 10.9. The van der Waals surface area contributed by atoms with E-state index in [1.807, 2.05) is 18.2 Å². The number of methoxy groups -OCH3 is 1. The molecule has 1 amide bonds. The molecule has 158 valence electrons. The third kappa shape index (κ3) is 4.27. The van der Waals surface area contributed by atoms with Crippen LogP contribution in [0, 0.1) is 16.0 Å². The summed E-state index contributed by atoms with van der Waals surface area (Å²) in [7, 11) is 1.38. The number of hydrogen-bond donors (Lipinski definition) is 0. The summed E-state index contributed by atoms with van der Waals surface area (Å²) in [5.74, 6) is -0.423. The number of benzene rings is 2. The zero-order valence-electron chi connectivity index (χ0n) is 17.2. The Bertz CT molecular complexity index is 974. The van der Waals surface area contributed by atoms with Crippen molar-refractivity contribution in [1.29, 1.82) is 0 Å². The fourth-order valence-corrected chi connectivity index (χ4v) is 3.49. The minimum atomic E-state index is -0.637. The Balaban J connectivity index is 1.78. The van der Waals surface area contributed by atoms with E-state index in [-0.39, 0.29) is 36.2 Å². The Kier molecular flexibility index (Phi) is 6.34. The Morgan fingerprint density at radius 1 is 1.27 bits per heavy atom. The second kappa shape index (κ2) is 8.94. The number of nitrogens with zero attached hydrogens (tertiary/aromatic N) is 2. The largest absolute Gasteiger partial charge is 0.494 e. The van der Waals surface area contributed by atoms with E-state index in [4.69, 9.17) is 9.47 Å². The van der Waals surface area contributed by atoms with Crippen LogP contribution in [0.15, 0.2) is 42.5 Å². The first-order valence-corrected chi connectivity index (χ1v) is 9.79. The normalized spacial score (nSPS) is 17.0. The van der Waals surface area contributed by atoms with Crippen LogP contribution in [0.4, 0.5) is 11.4 Å². The Labute approximate surface area is 174 Å². The highest BCUT2D eigenvalue weighted by atomic mass is 16.6. The smallest absolute Gasteiger partial charge is 0.316 e. The summed E-state index contributed by atoms with van der Waals surface area (Å²) in [4.78, 5) is 37.2. The van der Waals surface area contributed by atoms with Crippen LogP contribution in [-0.4, -0.2) is 30.5 Å². The Hall–Kier alpha value is -3.42. The van der Waals surface area contributed by atoms with Gasteiger partial charge in [0, 0.05) is 19.0 Å². The van der Waals surface area contributed by atoms with Gasteiger partial charge in [-0.15, -0.1) is 0 Å². The first kappa shape index (κ1) is 21.3. The summed E-state index contributed by atoms with van der Waals surface area (Å²) in [6.45, 7) is 4.25. The molecule has 2 atom stereocenters. The van der Waals surface area contributed by atoms with E-state index >= 15 is 0 Å². The summed E-state index contributed by atoms with van der Waals surface area (Å²) >= 11 is 0. The fraction of sp³-hybridized carbons (Fsp3) is 0.364. The van der Waals surface area contributed by atoms with E-state index in [9.17, 15) is 19.7 Å². The highest BCUT2D eigenvalue weighted by molar-refractivity contribution is 6.01. The SMILES string of the molecule is CC[C@H](C)c1ccccc1OC(=O)[C@@H]1CC(=O)N(c2ccc([N+](=O)[O-])cc2OC)C1. The van der Waals surface area contributed by atoms with E-state index in [1.165, 1.54) is 30.2 Å². The maximum absolute atomic E-state index is 12.8. The fourth-order valence-electron chi connectivity index (χ4n) is 3.49. The van der Waals surface area contributed by atoms with Gasteiger partial charge >= 0.3 is 5.97 Å². The van der Waals surface area contributed by atoms with Gasteiger partial charge in [0.05, 0.1) is 29.7 Å². The molecule has 8 heteroatoms. The van der Waals surface area contributed by atoms with Crippen LogP contribution in [0.3, 0.4) is 0 Å². The van der Waals surface area contributed by atoms with Crippen molar-refractivity contribution < 1.29 is 24.0 Å². The van der Waals surface area contributed by atoms with Crippen molar-refractivity contribution in [2.45, 2.75) is 32.6 Å². The molecule has 2 aromatic rings. The number of esters is 1. The number of anilines is 1. The average molecular weight is 412 g/mol. The Morgan fingerprint density at radius 2 is 2.00 bits per heavy atom. The lowest BCUT2D eigenvalue weighted by molar-refractivity contribution is -0.384. The minimum Gasteiger partial charge on any atom is -0.494 e. The molecule has 0 bridgehead atoms. The van der Waals surface area contributed by atoms with Crippen LogP contribution < -0.4 is 14.4 Å². The zero-order chi connectivity index (χ0) is 21.8. The summed E-state index contributed by atoms with van der Waals surface area (Å²) in [6.07, 6.45) is 0.911. The van der Waals surface area contributed by atoms with Gasteiger partial charge in [0.2, 0.25) is 5.91 Å². The van der Waals surface area contributed by atoms with Gasteiger partial charge in [0.1, 0.15) is 11.5 Å². The second-order valence-electron chi connectivity index (χ2n) is 7.29. The number of rotatable bonds is 7. The lowest BCUT2D eigenvalue weighted by Crippen LogP contribution is -2.27. The molecule has 8 nitrogen and oxygen atoms in total. The van der Waals surface area contributed by atoms with E-state index in [2.05, 4.69) is 13.8 Å². The van der Waals surface area contributed by atoms with E-state index in [0.29, 0.717) is 11.4 Å². The number of carbonyl (C=O) groups is 2. The summed E-state index contributed by atoms with van der Waals surface area (Å²) in [6, 6.07) is 11.4. The van der Waals surface area contributed by atoms with E-state index in [0.717, 1.165) is 12.0 Å². The number of para-hydroxylation sites is 1. The molecular formula is C22H24N2O6. The van der Waals surface area contributed by atoms with Crippen molar-refractivity contribution >= 4 is 23.3 Å². The van der Waals surface area contributed by atoms with Crippen molar-refractivity contribution in [2.75, 3.05) is 18.6 Å². The van der Waals surface area contributed by atoms with Gasteiger partial charge in [0.15, 0.2) is 0 Å². The first-order chi connectivity index (χ1) is 14.3. The molecular weight excluding hydrogens is 388 g/mol. The number of non-ortho nitro benzene ring substituents is 1. The van der Waals surface area contributed by atoms with Crippen LogP contribution in [0.2, 0.25) is 0 Å². The maximum Gasteiger partial charge on any atom is 0.316 e. The molecule has 0 radical (unpaired) electrons. The van der Waals surface area contributed by atoms with E-state index < -0.39 is 16.8 Å². The van der Waals surface area contributed by atoms with Gasteiger partial charge < -0.3 is 14.4 Å². The molecule has 0 N–H and O–H groups in total. The second-order valence-corrected chi connectivity index (χ2v) is 7.29. The molecule has 2 aromatic carbocycles. The zero-order valence-corrected chi connectivity index (χ0v) is 17.2. The van der Waals surface area contributed by atoms with Crippen molar-refractivity contribution in [3.8, 4) is 11.5 Å². The molecule has 1 heterocycles. The third-order valence-corrected chi connectivity index (χ3v) is 5.40. The van der Waals surface area contributed by atoms with Crippen molar-refractivity contribution in [2.24, 2.45) is 5.92 Å². The molecule has 1 aliphatic rings. The lowest BCUT2D eigenvalue weighted by Gasteiger charge is -2.19. The van der Waals surface area contributed by atoms with Gasteiger partial charge in [0.25, 0.3) is 5.69 Å². The number of ether oxygens (including phenoxy) is 2. The Morgan fingerprint density at radius 3 is 2.67 bits per heavy atom. The molecule has 30 heavy (non-hydrogen) atoms. The number of carbonyl (C=O) groups excluding carboxylic acids is 2. The molecule has 1 saturated heterocycles. The van der Waals surface area contributed by atoms with Crippen LogP contribution >= 0.6 is 0 Å². The highest BCUT2D eigenvalue weighted by Crippen LogP contribution is 2.36. The molecule has 0 unspecified atom stereocenters. The molecule has 0 aromatic heterocycles. The van der Waals surface area contributed by atoms with Crippen LogP contribution in [-0.2, 0) is 9.59 Å². The highest BCUT2D eigenvalue weighted by Gasteiger charge is 2.38. The predicted octanol–water partition coefficient (Wildman–Crippen LogP) is 4.08. The van der Waals surface area contributed by atoms with Crippen molar-refractivity contribution in [3.05, 3.63) is 58.1 Å². The average Bonchev–Trinajstić information content (AvgIpc) is 3.14. The van der Waals surface area contributed by atoms with Crippen LogP contribution in [0.5, 0.6) is 11.5 Å². The molecule has 3 rings (SSSR count). The maximum atomic E-state index is 12.8. The summed E-state index contributed by atoms with van der Waals surface area (Å²) in [5.41, 5.74) is 1.20. The number of nitro groups is 1. The van der Waals surface area contributed by atoms with Crippen molar-refractivity contribution in [1.82, 2.24) is 0 Å². The lowest BCUT2D eigenvalue weighted by atomic mass is 9.98. The molecule has 1 aliphatic heterocycles. The van der Waals surface area contributed by atoms with Gasteiger partial charge in [-0.25, -0.2) is 0 Å². The molecule has 0 saturated carbocycles. The van der Waals surface area contributed by atoms with Crippen LogP contribution in [0.25, 0.3) is 0 Å². The minimum absolute atomic E-state index is 0.00444.